The van der Waals surface area contributed by atoms with Crippen LogP contribution in [0.5, 0.6) is 5.75 Å². The number of fused-ring (bicyclic) bond motifs is 1. The van der Waals surface area contributed by atoms with Gasteiger partial charge in [-0.2, -0.15) is 0 Å². The average molecular weight is 283 g/mol. The molecule has 4 nitrogen and oxygen atoms in total. The van der Waals surface area contributed by atoms with Gasteiger partial charge in [-0.1, -0.05) is 18.2 Å². The summed E-state index contributed by atoms with van der Waals surface area (Å²) in [7, 11) is 1.69. The number of para-hydroxylation sites is 1. The van der Waals surface area contributed by atoms with Crippen molar-refractivity contribution in [3.05, 3.63) is 47.8 Å². The van der Waals surface area contributed by atoms with E-state index in [0.29, 0.717) is 12.5 Å². The van der Waals surface area contributed by atoms with Crippen molar-refractivity contribution in [3.63, 3.8) is 0 Å². The molecule has 4 heteroatoms. The molecule has 1 aromatic carbocycles. The van der Waals surface area contributed by atoms with E-state index in [4.69, 9.17) is 10.5 Å². The molecule has 1 aromatic heterocycles. The van der Waals surface area contributed by atoms with Gasteiger partial charge >= 0.3 is 0 Å². The van der Waals surface area contributed by atoms with Crippen LogP contribution >= 0.6 is 0 Å². The average Bonchev–Trinajstić information content (AvgIpc) is 2.87. The van der Waals surface area contributed by atoms with Crippen LogP contribution in [0.4, 0.5) is 11.4 Å². The van der Waals surface area contributed by atoms with Crippen LogP contribution in [-0.4, -0.2) is 25.2 Å². The first kappa shape index (κ1) is 13.9. The minimum Gasteiger partial charge on any atom is -0.493 e. The summed E-state index contributed by atoms with van der Waals surface area (Å²) in [5.74, 6) is 1.29. The summed E-state index contributed by atoms with van der Waals surface area (Å²) in [6.07, 6.45) is 2.80. The smallest absolute Gasteiger partial charge is 0.160 e. The van der Waals surface area contributed by atoms with E-state index >= 15 is 0 Å². The summed E-state index contributed by atoms with van der Waals surface area (Å²) in [6.45, 7) is 3.65. The first-order chi connectivity index (χ1) is 10.2. The molecular weight excluding hydrogens is 262 g/mol. The van der Waals surface area contributed by atoms with Crippen LogP contribution in [-0.2, 0) is 0 Å². The first-order valence-electron chi connectivity index (χ1n) is 7.31. The van der Waals surface area contributed by atoms with Crippen LogP contribution in [0.25, 0.3) is 0 Å². The van der Waals surface area contributed by atoms with Crippen molar-refractivity contribution in [2.45, 2.75) is 19.3 Å². The van der Waals surface area contributed by atoms with Gasteiger partial charge < -0.3 is 15.4 Å². The minimum atomic E-state index is 0.476. The molecule has 21 heavy (non-hydrogen) atoms. The molecule has 0 bridgehead atoms. The largest absolute Gasteiger partial charge is 0.493 e. The Morgan fingerprint density at radius 3 is 2.90 bits per heavy atom. The number of ether oxygens (including phenoxy) is 1. The standard InChI is InChI=1S/C17H21N3O/c1-12-9-16(17(21-2)10-19-12)20-11-13(7-8-18)14-5-3-4-6-15(14)20/h3-6,9-10,13H,7-8,11,18H2,1-2H3. The van der Waals surface area contributed by atoms with E-state index in [9.17, 15) is 0 Å². The van der Waals surface area contributed by atoms with Crippen LogP contribution in [0.2, 0.25) is 0 Å². The van der Waals surface area contributed by atoms with Crippen molar-refractivity contribution < 1.29 is 4.74 Å². The van der Waals surface area contributed by atoms with Gasteiger partial charge in [0.1, 0.15) is 0 Å². The van der Waals surface area contributed by atoms with E-state index in [1.807, 2.05) is 6.92 Å². The van der Waals surface area contributed by atoms with E-state index < -0.39 is 0 Å². The molecule has 0 saturated carbocycles. The number of rotatable bonds is 4. The molecule has 1 atom stereocenters. The number of hydrogen-bond donors (Lipinski definition) is 1. The van der Waals surface area contributed by atoms with Crippen molar-refractivity contribution in [1.29, 1.82) is 0 Å². The summed E-state index contributed by atoms with van der Waals surface area (Å²) >= 11 is 0. The Hall–Kier alpha value is -2.07. The Morgan fingerprint density at radius 2 is 2.14 bits per heavy atom. The zero-order chi connectivity index (χ0) is 14.8. The van der Waals surface area contributed by atoms with Gasteiger partial charge in [-0.05, 0) is 37.6 Å². The summed E-state index contributed by atoms with van der Waals surface area (Å²) in [5, 5.41) is 0. The normalized spacial score (nSPS) is 16.9. The van der Waals surface area contributed by atoms with Gasteiger partial charge in [0.2, 0.25) is 0 Å². The number of nitrogens with zero attached hydrogens (tertiary/aromatic N) is 2. The number of aromatic nitrogens is 1. The van der Waals surface area contributed by atoms with E-state index in [1.165, 1.54) is 11.3 Å². The van der Waals surface area contributed by atoms with Gasteiger partial charge in [0.15, 0.2) is 5.75 Å². The molecule has 0 saturated heterocycles. The number of benzene rings is 1. The van der Waals surface area contributed by atoms with Crippen molar-refractivity contribution in [2.24, 2.45) is 5.73 Å². The van der Waals surface area contributed by atoms with Gasteiger partial charge in [-0.15, -0.1) is 0 Å². The highest BCUT2D eigenvalue weighted by atomic mass is 16.5. The van der Waals surface area contributed by atoms with Gasteiger partial charge in [0.05, 0.1) is 19.0 Å². The maximum atomic E-state index is 5.78. The third-order valence-electron chi connectivity index (χ3n) is 4.08. The van der Waals surface area contributed by atoms with Crippen LogP contribution in [0.1, 0.15) is 23.6 Å². The number of aryl methyl sites for hydroxylation is 1. The van der Waals surface area contributed by atoms with E-state index in [0.717, 1.165) is 30.1 Å². The van der Waals surface area contributed by atoms with Crippen molar-refractivity contribution in [1.82, 2.24) is 4.98 Å². The van der Waals surface area contributed by atoms with E-state index in [2.05, 4.69) is 40.2 Å². The fraction of sp³-hybridized carbons (Fsp3) is 0.353. The molecule has 110 valence electrons. The molecule has 1 aliphatic heterocycles. The molecule has 2 heterocycles. The molecule has 0 aliphatic carbocycles. The van der Waals surface area contributed by atoms with Gasteiger partial charge in [-0.25, -0.2) is 0 Å². The summed E-state index contributed by atoms with van der Waals surface area (Å²) < 4.78 is 5.49. The number of nitrogens with two attached hydrogens (primary N) is 1. The number of pyridine rings is 1. The first-order valence-corrected chi connectivity index (χ1v) is 7.31. The highest BCUT2D eigenvalue weighted by Crippen LogP contribution is 2.44. The summed E-state index contributed by atoms with van der Waals surface area (Å²) in [4.78, 5) is 6.64. The highest BCUT2D eigenvalue weighted by molar-refractivity contribution is 5.75. The lowest BCUT2D eigenvalue weighted by molar-refractivity contribution is 0.413. The molecule has 3 rings (SSSR count). The molecule has 1 aliphatic rings. The molecule has 2 N–H and O–H groups in total. The molecule has 1 unspecified atom stereocenters. The molecule has 0 amide bonds. The predicted octanol–water partition coefficient (Wildman–Crippen LogP) is 2.98. The predicted molar refractivity (Wildman–Crippen MR) is 85.4 cm³/mol. The highest BCUT2D eigenvalue weighted by Gasteiger charge is 2.30. The van der Waals surface area contributed by atoms with E-state index in [-0.39, 0.29) is 0 Å². The fourth-order valence-corrected chi connectivity index (χ4v) is 3.07. The quantitative estimate of drug-likeness (QED) is 0.937. The van der Waals surface area contributed by atoms with Crippen molar-refractivity contribution in [3.8, 4) is 5.75 Å². The van der Waals surface area contributed by atoms with Crippen LogP contribution < -0.4 is 15.4 Å². The second kappa shape index (κ2) is 5.74. The second-order valence-corrected chi connectivity index (χ2v) is 5.44. The SMILES string of the molecule is COc1cnc(C)cc1N1CC(CCN)c2ccccc21. The summed E-state index contributed by atoms with van der Waals surface area (Å²) in [5.41, 5.74) is 10.5. The zero-order valence-electron chi connectivity index (χ0n) is 12.5. The maximum absolute atomic E-state index is 5.78. The van der Waals surface area contributed by atoms with Crippen LogP contribution in [0, 0.1) is 6.92 Å². The monoisotopic (exact) mass is 283 g/mol. The number of anilines is 2. The maximum Gasteiger partial charge on any atom is 0.160 e. The van der Waals surface area contributed by atoms with E-state index in [1.54, 1.807) is 13.3 Å². The number of hydrogen-bond acceptors (Lipinski definition) is 4. The fourth-order valence-electron chi connectivity index (χ4n) is 3.07. The molecule has 2 aromatic rings. The Labute approximate surface area is 125 Å². The lowest BCUT2D eigenvalue weighted by Gasteiger charge is -2.22. The third-order valence-corrected chi connectivity index (χ3v) is 4.08. The molecular formula is C17H21N3O. The van der Waals surface area contributed by atoms with Crippen LogP contribution in [0.3, 0.4) is 0 Å². The Bertz CT molecular complexity index is 642. The third kappa shape index (κ3) is 2.47. The minimum absolute atomic E-state index is 0.476. The molecule has 0 spiro atoms. The second-order valence-electron chi connectivity index (χ2n) is 5.44. The Kier molecular flexibility index (Phi) is 3.80. The van der Waals surface area contributed by atoms with Gasteiger partial charge in [0, 0.05) is 23.8 Å². The van der Waals surface area contributed by atoms with Gasteiger partial charge in [0.25, 0.3) is 0 Å². The topological polar surface area (TPSA) is 51.4 Å². The van der Waals surface area contributed by atoms with Crippen LogP contribution in [0.15, 0.2) is 36.5 Å². The molecule has 0 radical (unpaired) electrons. The van der Waals surface area contributed by atoms with Crippen molar-refractivity contribution >= 4 is 11.4 Å². The Morgan fingerprint density at radius 1 is 1.33 bits per heavy atom. The zero-order valence-corrected chi connectivity index (χ0v) is 12.5. The van der Waals surface area contributed by atoms with Crippen molar-refractivity contribution in [2.75, 3.05) is 25.1 Å². The molecule has 0 fully saturated rings. The lowest BCUT2D eigenvalue weighted by Crippen LogP contribution is -2.18. The summed E-state index contributed by atoms with van der Waals surface area (Å²) in [6, 6.07) is 10.6. The number of methoxy groups -OCH3 is 1. The Balaban J connectivity index is 2.06. The lowest BCUT2D eigenvalue weighted by atomic mass is 9.98. The van der Waals surface area contributed by atoms with Gasteiger partial charge in [-0.3, -0.25) is 4.98 Å².